The van der Waals surface area contributed by atoms with Gasteiger partial charge in [0.05, 0.1) is 6.20 Å². The maximum Gasteiger partial charge on any atom is 0.471 e. The van der Waals surface area contributed by atoms with Crippen molar-refractivity contribution in [2.75, 3.05) is 5.32 Å². The molecule has 0 bridgehead atoms. The number of amides is 1. The van der Waals surface area contributed by atoms with Gasteiger partial charge in [0.1, 0.15) is 4.60 Å². The van der Waals surface area contributed by atoms with Crippen molar-refractivity contribution < 1.29 is 27.9 Å². The van der Waals surface area contributed by atoms with E-state index in [9.17, 15) is 22.8 Å². The number of alkyl halides is 3. The third-order valence-corrected chi connectivity index (χ3v) is 1.82. The van der Waals surface area contributed by atoms with Crippen LogP contribution in [0.3, 0.4) is 0 Å². The Hall–Kier alpha value is -1.71. The molecule has 17 heavy (non-hydrogen) atoms. The van der Waals surface area contributed by atoms with E-state index in [2.05, 4.69) is 25.9 Å². The van der Waals surface area contributed by atoms with E-state index in [-0.39, 0.29) is 4.60 Å². The number of anilines is 1. The van der Waals surface area contributed by atoms with Gasteiger partial charge in [0.15, 0.2) is 11.5 Å². The number of carbonyl (C=O) groups is 2. The summed E-state index contributed by atoms with van der Waals surface area (Å²) < 4.78 is 35.8. The highest BCUT2D eigenvalue weighted by atomic mass is 79.9. The first kappa shape index (κ1) is 13.4. The number of hydrogen-bond donors (Lipinski definition) is 2. The molecule has 1 amide bonds. The zero-order valence-electron chi connectivity index (χ0n) is 7.75. The Balaban J connectivity index is 3.07. The number of hydrogen-bond acceptors (Lipinski definition) is 4. The van der Waals surface area contributed by atoms with E-state index >= 15 is 0 Å². The lowest BCUT2D eigenvalue weighted by Gasteiger charge is -2.08. The van der Waals surface area contributed by atoms with Gasteiger partial charge in [0, 0.05) is 0 Å². The standard InChI is InChI=1S/C7H3BrF3N3O3/c8-2-1-12-4(3(13-2)5(15)16)14-6(17)7(9,10)11/h1H,(H,15,16)(H,12,14,17). The van der Waals surface area contributed by atoms with E-state index in [1.807, 2.05) is 0 Å². The topological polar surface area (TPSA) is 92.2 Å². The molecule has 0 fully saturated rings. The SMILES string of the molecule is O=C(O)c1nc(Br)cnc1NC(=O)C(F)(F)F. The van der Waals surface area contributed by atoms with Gasteiger partial charge in [-0.2, -0.15) is 13.2 Å². The van der Waals surface area contributed by atoms with Gasteiger partial charge >= 0.3 is 18.1 Å². The molecule has 1 heterocycles. The van der Waals surface area contributed by atoms with E-state index in [4.69, 9.17) is 5.11 Å². The van der Waals surface area contributed by atoms with Crippen LogP contribution < -0.4 is 5.32 Å². The summed E-state index contributed by atoms with van der Waals surface area (Å²) in [5, 5.41) is 9.97. The highest BCUT2D eigenvalue weighted by Crippen LogP contribution is 2.19. The Kier molecular flexibility index (Phi) is 3.66. The second-order valence-electron chi connectivity index (χ2n) is 2.65. The minimum Gasteiger partial charge on any atom is -0.476 e. The van der Waals surface area contributed by atoms with Gasteiger partial charge in [-0.1, -0.05) is 0 Å². The summed E-state index contributed by atoms with van der Waals surface area (Å²) in [6.07, 6.45) is -4.18. The quantitative estimate of drug-likeness (QED) is 0.862. The van der Waals surface area contributed by atoms with E-state index in [0.717, 1.165) is 6.20 Å². The molecule has 0 radical (unpaired) electrons. The van der Waals surface area contributed by atoms with Crippen LogP contribution in [0.4, 0.5) is 19.0 Å². The molecule has 0 aromatic carbocycles. The summed E-state index contributed by atoms with van der Waals surface area (Å²) in [5.41, 5.74) is -0.794. The number of rotatable bonds is 2. The molecule has 0 aliphatic carbocycles. The highest BCUT2D eigenvalue weighted by Gasteiger charge is 2.39. The van der Waals surface area contributed by atoms with Crippen LogP contribution in [0.1, 0.15) is 10.5 Å². The maximum atomic E-state index is 11.9. The Labute approximate surface area is 100.0 Å². The van der Waals surface area contributed by atoms with Crippen molar-refractivity contribution >= 4 is 33.6 Å². The third-order valence-electron chi connectivity index (χ3n) is 1.44. The van der Waals surface area contributed by atoms with Crippen molar-refractivity contribution in [2.45, 2.75) is 6.18 Å². The number of aromatic nitrogens is 2. The Morgan fingerprint density at radius 3 is 2.47 bits per heavy atom. The van der Waals surface area contributed by atoms with Gasteiger partial charge in [-0.05, 0) is 15.9 Å². The van der Waals surface area contributed by atoms with E-state index in [1.165, 1.54) is 5.32 Å². The van der Waals surface area contributed by atoms with Crippen LogP contribution in [-0.2, 0) is 4.79 Å². The molecule has 2 N–H and O–H groups in total. The second kappa shape index (κ2) is 4.65. The first-order valence-corrected chi connectivity index (χ1v) is 4.65. The lowest BCUT2D eigenvalue weighted by atomic mass is 10.4. The predicted octanol–water partition coefficient (Wildman–Crippen LogP) is 1.44. The third kappa shape index (κ3) is 3.37. The molecule has 0 aliphatic rings. The summed E-state index contributed by atoms with van der Waals surface area (Å²) in [6.45, 7) is 0. The summed E-state index contributed by atoms with van der Waals surface area (Å²) in [6, 6.07) is 0. The molecule has 6 nitrogen and oxygen atoms in total. The van der Waals surface area contributed by atoms with Gasteiger partial charge < -0.3 is 10.4 Å². The van der Waals surface area contributed by atoms with Crippen LogP contribution in [0.5, 0.6) is 0 Å². The number of nitrogens with one attached hydrogen (secondary N) is 1. The van der Waals surface area contributed by atoms with Crippen molar-refractivity contribution in [1.29, 1.82) is 0 Å². The second-order valence-corrected chi connectivity index (χ2v) is 3.46. The highest BCUT2D eigenvalue weighted by molar-refractivity contribution is 9.10. The molecule has 0 unspecified atom stereocenters. The molecule has 0 saturated heterocycles. The van der Waals surface area contributed by atoms with Crippen LogP contribution in [0.25, 0.3) is 0 Å². The minimum atomic E-state index is -5.13. The molecular weight excluding hydrogens is 311 g/mol. The lowest BCUT2D eigenvalue weighted by molar-refractivity contribution is -0.167. The monoisotopic (exact) mass is 313 g/mol. The van der Waals surface area contributed by atoms with E-state index in [1.54, 1.807) is 0 Å². The van der Waals surface area contributed by atoms with Crippen molar-refractivity contribution in [3.8, 4) is 0 Å². The number of carboxylic acids is 1. The lowest BCUT2D eigenvalue weighted by Crippen LogP contribution is -2.31. The number of aromatic carboxylic acids is 1. The average molecular weight is 314 g/mol. The van der Waals surface area contributed by atoms with Crippen LogP contribution in [0, 0.1) is 0 Å². The first-order chi connectivity index (χ1) is 7.71. The van der Waals surface area contributed by atoms with Crippen molar-refractivity contribution in [2.24, 2.45) is 0 Å². The molecule has 0 atom stereocenters. The number of carboxylic acid groups (broad SMARTS) is 1. The fourth-order valence-corrected chi connectivity index (χ4v) is 1.07. The van der Waals surface area contributed by atoms with Crippen LogP contribution in [0.15, 0.2) is 10.8 Å². The predicted molar refractivity (Wildman–Crippen MR) is 51.4 cm³/mol. The maximum absolute atomic E-state index is 11.9. The fraction of sp³-hybridized carbons (Fsp3) is 0.143. The van der Waals surface area contributed by atoms with Crippen LogP contribution in [0.2, 0.25) is 0 Å². The Morgan fingerprint density at radius 2 is 2.00 bits per heavy atom. The fourth-order valence-electron chi connectivity index (χ4n) is 0.787. The normalized spacial score (nSPS) is 11.1. The van der Waals surface area contributed by atoms with Gasteiger partial charge in [-0.3, -0.25) is 4.79 Å². The molecular formula is C7H3BrF3N3O3. The van der Waals surface area contributed by atoms with E-state index < -0.39 is 29.6 Å². The molecule has 1 rings (SSSR count). The largest absolute Gasteiger partial charge is 0.476 e. The zero-order valence-corrected chi connectivity index (χ0v) is 9.33. The zero-order chi connectivity index (χ0) is 13.2. The molecule has 0 aliphatic heterocycles. The van der Waals surface area contributed by atoms with Gasteiger partial charge in [0.2, 0.25) is 0 Å². The molecule has 0 saturated carbocycles. The molecule has 0 spiro atoms. The molecule has 1 aromatic rings. The molecule has 92 valence electrons. The van der Waals surface area contributed by atoms with Crippen molar-refractivity contribution in [1.82, 2.24) is 9.97 Å². The smallest absolute Gasteiger partial charge is 0.471 e. The van der Waals surface area contributed by atoms with Crippen LogP contribution in [-0.4, -0.2) is 33.1 Å². The van der Waals surface area contributed by atoms with Gasteiger partial charge in [-0.15, -0.1) is 0 Å². The number of carbonyl (C=O) groups excluding carboxylic acids is 1. The first-order valence-electron chi connectivity index (χ1n) is 3.86. The molecule has 10 heteroatoms. The minimum absolute atomic E-state index is 0.0138. The van der Waals surface area contributed by atoms with Crippen LogP contribution >= 0.6 is 15.9 Å². The molecule has 1 aromatic heterocycles. The van der Waals surface area contributed by atoms with Crippen molar-refractivity contribution in [3.05, 3.63) is 16.5 Å². The summed E-state index contributed by atoms with van der Waals surface area (Å²) in [5.74, 6) is -4.71. The van der Waals surface area contributed by atoms with Gasteiger partial charge in [-0.25, -0.2) is 14.8 Å². The van der Waals surface area contributed by atoms with Crippen molar-refractivity contribution in [3.63, 3.8) is 0 Å². The Morgan fingerprint density at radius 1 is 1.41 bits per heavy atom. The summed E-state index contributed by atoms with van der Waals surface area (Å²) >= 11 is 2.80. The van der Waals surface area contributed by atoms with Gasteiger partial charge in [0.25, 0.3) is 0 Å². The summed E-state index contributed by atoms with van der Waals surface area (Å²) in [7, 11) is 0. The average Bonchev–Trinajstić information content (AvgIpc) is 2.18. The van der Waals surface area contributed by atoms with E-state index in [0.29, 0.717) is 0 Å². The number of nitrogens with zero attached hydrogens (tertiary/aromatic N) is 2. The summed E-state index contributed by atoms with van der Waals surface area (Å²) in [4.78, 5) is 27.9. The number of halogens is 4. The Bertz CT molecular complexity index is 477.